The van der Waals surface area contributed by atoms with Crippen LogP contribution in [0.1, 0.15) is 34.6 Å². The van der Waals surface area contributed by atoms with Crippen LogP contribution in [0.25, 0.3) is 0 Å². The minimum atomic E-state index is -0.301. The molecule has 1 aromatic heterocycles. The van der Waals surface area contributed by atoms with Crippen molar-refractivity contribution in [3.05, 3.63) is 24.4 Å². The fourth-order valence-electron chi connectivity index (χ4n) is 3.35. The number of nitrogen functional groups attached to an aromatic ring is 1. The van der Waals surface area contributed by atoms with Gasteiger partial charge in [-0.3, -0.25) is 4.79 Å². The van der Waals surface area contributed by atoms with Gasteiger partial charge in [0, 0.05) is 25.3 Å². The number of carbonyl (C=O) groups is 1. The lowest BCUT2D eigenvalue weighted by atomic mass is 9.94. The molecule has 1 aliphatic rings. The minimum Gasteiger partial charge on any atom is -0.492 e. The molecule has 0 saturated heterocycles. The van der Waals surface area contributed by atoms with E-state index in [9.17, 15) is 4.79 Å². The molecule has 1 unspecified atom stereocenters. The molecule has 0 aliphatic carbocycles. The van der Waals surface area contributed by atoms with Crippen molar-refractivity contribution in [2.24, 2.45) is 5.41 Å². The maximum atomic E-state index is 12.7. The average molecular weight is 399 g/mol. The predicted molar refractivity (Wildman–Crippen MR) is 117 cm³/mol. The number of rotatable bonds is 5. The largest absolute Gasteiger partial charge is 0.492 e. The number of nitrogens with zero attached hydrogens (tertiary/aromatic N) is 4. The summed E-state index contributed by atoms with van der Waals surface area (Å²) >= 11 is 0. The van der Waals surface area contributed by atoms with E-state index in [1.165, 1.54) is 0 Å². The number of carbonyl (C=O) groups excluding carboxylic acids is 1. The van der Waals surface area contributed by atoms with E-state index >= 15 is 0 Å². The fourth-order valence-corrected chi connectivity index (χ4v) is 3.35. The molecule has 3 rings (SSSR count). The molecule has 2 heterocycles. The molecule has 1 aliphatic heterocycles. The summed E-state index contributed by atoms with van der Waals surface area (Å²) in [7, 11) is 1.76. The van der Waals surface area contributed by atoms with Crippen LogP contribution in [-0.4, -0.2) is 42.1 Å². The summed E-state index contributed by atoms with van der Waals surface area (Å²) in [6.07, 6.45) is 1.68. The third kappa shape index (κ3) is 4.36. The summed E-state index contributed by atoms with van der Waals surface area (Å²) < 4.78 is 5.68. The van der Waals surface area contributed by atoms with E-state index in [-0.39, 0.29) is 17.4 Å². The zero-order valence-corrected chi connectivity index (χ0v) is 18.0. The van der Waals surface area contributed by atoms with Crippen LogP contribution in [0.4, 0.5) is 28.8 Å². The number of nitrogens with two attached hydrogens (primary N) is 1. The summed E-state index contributed by atoms with van der Waals surface area (Å²) in [4.78, 5) is 25.5. The Bertz CT molecular complexity index is 909. The van der Waals surface area contributed by atoms with Gasteiger partial charge >= 0.3 is 0 Å². The first kappa shape index (κ1) is 20.7. The second kappa shape index (κ2) is 7.77. The molecule has 2 aromatic rings. The van der Waals surface area contributed by atoms with E-state index in [4.69, 9.17) is 15.5 Å². The van der Waals surface area contributed by atoms with Crippen LogP contribution in [0, 0.1) is 5.41 Å². The zero-order valence-electron chi connectivity index (χ0n) is 18.0. The van der Waals surface area contributed by atoms with E-state index in [1.807, 2.05) is 19.9 Å². The van der Waals surface area contributed by atoms with Crippen molar-refractivity contribution in [3.8, 4) is 5.75 Å². The number of hydrogen-bond acceptors (Lipinski definition) is 7. The lowest BCUT2D eigenvalue weighted by molar-refractivity contribution is -0.119. The Morgan fingerprint density at radius 1 is 1.31 bits per heavy atom. The van der Waals surface area contributed by atoms with Crippen molar-refractivity contribution < 1.29 is 9.53 Å². The Labute approximate surface area is 172 Å². The Morgan fingerprint density at radius 3 is 2.69 bits per heavy atom. The fraction of sp³-hybridized carbons (Fsp3) is 0.476. The third-order valence-electron chi connectivity index (χ3n) is 4.74. The highest BCUT2D eigenvalue weighted by atomic mass is 16.5. The van der Waals surface area contributed by atoms with Gasteiger partial charge in [-0.1, -0.05) is 20.8 Å². The van der Waals surface area contributed by atoms with Gasteiger partial charge < -0.3 is 25.6 Å². The standard InChI is InChI=1S/C21H30N6O2/c1-7-29-17-10-14(22)8-9-15(17)24-20-23-11-16-18(25-20)27(12-21(3,4)5)13(2)19(28)26(16)6/h8-11,13H,7,12,22H2,1-6H3,(H,23,24,25). The highest BCUT2D eigenvalue weighted by Crippen LogP contribution is 2.37. The van der Waals surface area contributed by atoms with Crippen LogP contribution in [0.15, 0.2) is 24.4 Å². The average Bonchev–Trinajstić information content (AvgIpc) is 2.65. The predicted octanol–water partition coefficient (Wildman–Crippen LogP) is 3.42. The Balaban J connectivity index is 2.00. The van der Waals surface area contributed by atoms with Crippen LogP contribution in [-0.2, 0) is 4.79 Å². The van der Waals surface area contributed by atoms with Gasteiger partial charge in [-0.2, -0.15) is 4.98 Å². The second-order valence-electron chi connectivity index (χ2n) is 8.48. The molecule has 0 saturated carbocycles. The van der Waals surface area contributed by atoms with E-state index < -0.39 is 0 Å². The summed E-state index contributed by atoms with van der Waals surface area (Å²) in [5.41, 5.74) is 7.93. The monoisotopic (exact) mass is 398 g/mol. The molecular formula is C21H30N6O2. The second-order valence-corrected chi connectivity index (χ2v) is 8.48. The molecule has 0 fully saturated rings. The van der Waals surface area contributed by atoms with Crippen LogP contribution >= 0.6 is 0 Å². The lowest BCUT2D eigenvalue weighted by Gasteiger charge is -2.41. The number of fused-ring (bicyclic) bond motifs is 1. The van der Waals surface area contributed by atoms with E-state index in [0.717, 1.165) is 11.5 Å². The van der Waals surface area contributed by atoms with E-state index in [0.29, 0.717) is 36.2 Å². The number of hydrogen-bond donors (Lipinski definition) is 2. The van der Waals surface area contributed by atoms with E-state index in [1.54, 1.807) is 30.3 Å². The van der Waals surface area contributed by atoms with Crippen molar-refractivity contribution in [1.82, 2.24) is 9.97 Å². The Hall–Kier alpha value is -3.03. The normalized spacial score (nSPS) is 16.6. The molecule has 1 atom stereocenters. The van der Waals surface area contributed by atoms with Gasteiger partial charge in [0.1, 0.15) is 17.5 Å². The molecule has 3 N–H and O–H groups in total. The lowest BCUT2D eigenvalue weighted by Crippen LogP contribution is -2.53. The topological polar surface area (TPSA) is 96.6 Å². The van der Waals surface area contributed by atoms with Gasteiger partial charge in [-0.05, 0) is 31.4 Å². The first-order chi connectivity index (χ1) is 13.6. The third-order valence-corrected chi connectivity index (χ3v) is 4.74. The summed E-state index contributed by atoms with van der Waals surface area (Å²) in [6.45, 7) is 11.5. The quantitative estimate of drug-likeness (QED) is 0.745. The van der Waals surface area contributed by atoms with Crippen molar-refractivity contribution in [2.45, 2.75) is 40.7 Å². The molecule has 1 amide bonds. The summed E-state index contributed by atoms with van der Waals surface area (Å²) in [5.74, 6) is 1.84. The number of amides is 1. The first-order valence-corrected chi connectivity index (χ1v) is 9.81. The zero-order chi connectivity index (χ0) is 21.3. The number of nitrogens with one attached hydrogen (secondary N) is 1. The SMILES string of the molecule is CCOc1cc(N)ccc1Nc1ncc2c(n1)N(CC(C)(C)C)C(C)C(=O)N2C. The molecule has 0 bridgehead atoms. The number of ether oxygens (including phenoxy) is 1. The van der Waals surface area contributed by atoms with Crippen molar-refractivity contribution in [1.29, 1.82) is 0 Å². The highest BCUT2D eigenvalue weighted by molar-refractivity contribution is 6.04. The van der Waals surface area contributed by atoms with Crippen molar-refractivity contribution in [3.63, 3.8) is 0 Å². The summed E-state index contributed by atoms with van der Waals surface area (Å²) in [6, 6.07) is 5.10. The van der Waals surface area contributed by atoms with Crippen LogP contribution in [0.2, 0.25) is 0 Å². The smallest absolute Gasteiger partial charge is 0.249 e. The van der Waals surface area contributed by atoms with Crippen LogP contribution in [0.5, 0.6) is 5.75 Å². The van der Waals surface area contributed by atoms with Crippen molar-refractivity contribution in [2.75, 3.05) is 41.0 Å². The maximum absolute atomic E-state index is 12.7. The maximum Gasteiger partial charge on any atom is 0.249 e. The molecule has 8 heteroatoms. The van der Waals surface area contributed by atoms with Gasteiger partial charge in [0.2, 0.25) is 11.9 Å². The molecule has 156 valence electrons. The van der Waals surface area contributed by atoms with Gasteiger partial charge in [0.15, 0.2) is 5.82 Å². The number of anilines is 5. The number of likely N-dealkylation sites (N-methyl/N-ethyl adjacent to an activating group) is 1. The minimum absolute atomic E-state index is 0.000639. The molecule has 1 aromatic carbocycles. The molecule has 8 nitrogen and oxygen atoms in total. The number of benzene rings is 1. The van der Waals surface area contributed by atoms with E-state index in [2.05, 4.69) is 36.0 Å². The van der Waals surface area contributed by atoms with Gasteiger partial charge in [0.05, 0.1) is 18.5 Å². The van der Waals surface area contributed by atoms with Crippen LogP contribution in [0.3, 0.4) is 0 Å². The number of aromatic nitrogens is 2. The molecule has 0 radical (unpaired) electrons. The first-order valence-electron chi connectivity index (χ1n) is 9.81. The van der Waals surface area contributed by atoms with Crippen molar-refractivity contribution >= 4 is 34.7 Å². The summed E-state index contributed by atoms with van der Waals surface area (Å²) in [5, 5.41) is 3.23. The molecular weight excluding hydrogens is 368 g/mol. The van der Waals surface area contributed by atoms with Gasteiger partial charge in [0.25, 0.3) is 0 Å². The van der Waals surface area contributed by atoms with Gasteiger partial charge in [-0.25, -0.2) is 4.98 Å². The van der Waals surface area contributed by atoms with Gasteiger partial charge in [-0.15, -0.1) is 0 Å². The Morgan fingerprint density at radius 2 is 2.03 bits per heavy atom. The molecule has 0 spiro atoms. The Kier molecular flexibility index (Phi) is 5.55. The molecule has 29 heavy (non-hydrogen) atoms. The highest BCUT2D eigenvalue weighted by Gasteiger charge is 2.37. The van der Waals surface area contributed by atoms with Crippen LogP contribution < -0.4 is 25.6 Å².